The van der Waals surface area contributed by atoms with E-state index in [1.54, 1.807) is 0 Å². The van der Waals surface area contributed by atoms with E-state index in [9.17, 15) is 4.79 Å². The van der Waals surface area contributed by atoms with Crippen molar-refractivity contribution in [3.8, 4) is 0 Å². The van der Waals surface area contributed by atoms with E-state index in [1.807, 2.05) is 52.0 Å². The van der Waals surface area contributed by atoms with Gasteiger partial charge in [0.25, 0.3) is 0 Å². The van der Waals surface area contributed by atoms with Crippen LogP contribution in [-0.4, -0.2) is 24.4 Å². The van der Waals surface area contributed by atoms with Crippen molar-refractivity contribution < 1.29 is 18.8 Å². The molecule has 1 aromatic rings. The van der Waals surface area contributed by atoms with E-state index in [0.29, 0.717) is 0 Å². The van der Waals surface area contributed by atoms with Gasteiger partial charge in [-0.25, -0.2) is 4.79 Å². The van der Waals surface area contributed by atoms with E-state index in [4.69, 9.17) is 14.0 Å². The van der Waals surface area contributed by atoms with Crippen molar-refractivity contribution in [1.29, 1.82) is 0 Å². The molecular formula is C16H22BNO4. The monoisotopic (exact) mass is 303 g/mol. The Bertz CT molecular complexity index is 538. The highest BCUT2D eigenvalue weighted by Gasteiger charge is 2.51. The van der Waals surface area contributed by atoms with Crippen molar-refractivity contribution in [1.82, 2.24) is 5.32 Å². The van der Waals surface area contributed by atoms with Crippen LogP contribution in [0.15, 0.2) is 37.0 Å². The van der Waals surface area contributed by atoms with Crippen LogP contribution >= 0.6 is 0 Å². The molecule has 1 fully saturated rings. The molecule has 1 heterocycles. The maximum absolute atomic E-state index is 11.2. The summed E-state index contributed by atoms with van der Waals surface area (Å²) in [5.74, 6) is 0. The van der Waals surface area contributed by atoms with Gasteiger partial charge in [-0.3, -0.25) is 5.32 Å². The van der Waals surface area contributed by atoms with Crippen molar-refractivity contribution >= 4 is 18.7 Å². The topological polar surface area (TPSA) is 56.8 Å². The van der Waals surface area contributed by atoms with E-state index in [2.05, 4.69) is 11.9 Å². The van der Waals surface area contributed by atoms with Crippen molar-refractivity contribution in [3.05, 3.63) is 42.6 Å². The first-order chi connectivity index (χ1) is 10.2. The smallest absolute Gasteiger partial charge is 0.444 e. The lowest BCUT2D eigenvalue weighted by Gasteiger charge is -2.32. The van der Waals surface area contributed by atoms with Crippen LogP contribution in [0.25, 0.3) is 0 Å². The van der Waals surface area contributed by atoms with Crippen molar-refractivity contribution in [3.63, 3.8) is 0 Å². The number of benzene rings is 1. The molecule has 0 atom stereocenters. The molecule has 6 heteroatoms. The van der Waals surface area contributed by atoms with Gasteiger partial charge in [-0.1, -0.05) is 30.8 Å². The van der Waals surface area contributed by atoms with Crippen LogP contribution in [0.1, 0.15) is 33.3 Å². The van der Waals surface area contributed by atoms with Gasteiger partial charge < -0.3 is 14.0 Å². The van der Waals surface area contributed by atoms with Gasteiger partial charge in [0.05, 0.1) is 11.2 Å². The second-order valence-corrected chi connectivity index (χ2v) is 6.25. The zero-order valence-corrected chi connectivity index (χ0v) is 13.5. The second kappa shape index (κ2) is 6.14. The molecule has 1 N–H and O–H groups in total. The first-order valence-corrected chi connectivity index (χ1v) is 7.24. The number of alkyl carbamates (subject to hydrolysis) is 1. The van der Waals surface area contributed by atoms with E-state index in [1.165, 1.54) is 6.20 Å². The van der Waals surface area contributed by atoms with E-state index in [-0.39, 0.29) is 24.9 Å². The summed E-state index contributed by atoms with van der Waals surface area (Å²) in [7, 11) is -0.385. The fraction of sp³-hybridized carbons (Fsp3) is 0.438. The van der Waals surface area contributed by atoms with Gasteiger partial charge in [0.15, 0.2) is 0 Å². The summed E-state index contributed by atoms with van der Waals surface area (Å²) in [6, 6.07) is 7.63. The SMILES string of the molecule is C=CNC(=O)OCc1ccc(B2OC(C)(C)C(C)(C)O2)cc1. The summed E-state index contributed by atoms with van der Waals surface area (Å²) in [6.45, 7) is 11.7. The highest BCUT2D eigenvalue weighted by molar-refractivity contribution is 6.62. The minimum atomic E-state index is -0.523. The molecule has 5 nitrogen and oxygen atoms in total. The Morgan fingerprint density at radius 3 is 2.27 bits per heavy atom. The van der Waals surface area contributed by atoms with E-state index in [0.717, 1.165) is 11.0 Å². The van der Waals surface area contributed by atoms with E-state index < -0.39 is 6.09 Å². The summed E-state index contributed by atoms with van der Waals surface area (Å²) >= 11 is 0. The van der Waals surface area contributed by atoms with Gasteiger partial charge in [-0.15, -0.1) is 0 Å². The number of carbonyl (C=O) groups excluding carboxylic acids is 1. The number of hydrogen-bond acceptors (Lipinski definition) is 4. The Morgan fingerprint density at radius 2 is 1.77 bits per heavy atom. The first-order valence-electron chi connectivity index (χ1n) is 7.24. The van der Waals surface area contributed by atoms with E-state index >= 15 is 0 Å². The summed E-state index contributed by atoms with van der Waals surface area (Å²) in [5.41, 5.74) is 1.11. The van der Waals surface area contributed by atoms with Gasteiger partial charge in [0, 0.05) is 0 Å². The van der Waals surface area contributed by atoms with Crippen molar-refractivity contribution in [2.45, 2.75) is 45.5 Å². The molecule has 22 heavy (non-hydrogen) atoms. The Hall–Kier alpha value is -1.79. The number of carbonyl (C=O) groups is 1. The van der Waals surface area contributed by atoms with Crippen LogP contribution in [-0.2, 0) is 20.7 Å². The van der Waals surface area contributed by atoms with Crippen LogP contribution in [0, 0.1) is 0 Å². The van der Waals surface area contributed by atoms with Crippen LogP contribution in [0.2, 0.25) is 0 Å². The molecular weight excluding hydrogens is 281 g/mol. The molecule has 1 aliphatic heterocycles. The molecule has 2 rings (SSSR count). The number of hydrogen-bond donors (Lipinski definition) is 1. The normalized spacial score (nSPS) is 18.8. The Labute approximate surface area is 131 Å². The number of rotatable bonds is 4. The molecule has 118 valence electrons. The molecule has 0 unspecified atom stereocenters. The maximum atomic E-state index is 11.2. The molecule has 1 aromatic carbocycles. The molecule has 0 aliphatic carbocycles. The third-order valence-corrected chi connectivity index (χ3v) is 4.09. The molecule has 0 bridgehead atoms. The molecule has 0 spiro atoms. The molecule has 0 aromatic heterocycles. The standard InChI is InChI=1S/C16H22BNO4/c1-6-18-14(19)20-11-12-7-9-13(10-8-12)17-21-15(2,3)16(4,5)22-17/h6-10H,1,11H2,2-5H3,(H,18,19). The lowest BCUT2D eigenvalue weighted by Crippen LogP contribution is -2.41. The molecule has 1 amide bonds. The first kappa shape index (κ1) is 16.6. The predicted octanol–water partition coefficient (Wildman–Crippen LogP) is 2.36. The van der Waals surface area contributed by atoms with Crippen LogP contribution in [0.5, 0.6) is 0 Å². The quantitative estimate of drug-likeness (QED) is 0.868. The van der Waals surface area contributed by atoms with Crippen LogP contribution in [0.4, 0.5) is 4.79 Å². The minimum absolute atomic E-state index is 0.198. The summed E-state index contributed by atoms with van der Waals surface area (Å²) in [6.07, 6.45) is 0.758. The lowest BCUT2D eigenvalue weighted by molar-refractivity contribution is 0.00578. The van der Waals surface area contributed by atoms with Gasteiger partial charge in [-0.05, 0) is 44.9 Å². The summed E-state index contributed by atoms with van der Waals surface area (Å²) < 4.78 is 17.0. The average Bonchev–Trinajstić information content (AvgIpc) is 2.66. The fourth-order valence-corrected chi connectivity index (χ4v) is 2.02. The number of nitrogens with one attached hydrogen (secondary N) is 1. The van der Waals surface area contributed by atoms with Gasteiger partial charge in [-0.2, -0.15) is 0 Å². The maximum Gasteiger partial charge on any atom is 0.494 e. The Kier molecular flexibility index (Phi) is 4.63. The third kappa shape index (κ3) is 3.51. The molecule has 1 aliphatic rings. The van der Waals surface area contributed by atoms with Crippen LogP contribution in [0.3, 0.4) is 0 Å². The van der Waals surface area contributed by atoms with Crippen molar-refractivity contribution in [2.24, 2.45) is 0 Å². The Morgan fingerprint density at radius 1 is 1.23 bits per heavy atom. The highest BCUT2D eigenvalue weighted by Crippen LogP contribution is 2.36. The van der Waals surface area contributed by atoms with Gasteiger partial charge in [0.2, 0.25) is 0 Å². The van der Waals surface area contributed by atoms with Crippen molar-refractivity contribution in [2.75, 3.05) is 0 Å². The average molecular weight is 303 g/mol. The second-order valence-electron chi connectivity index (χ2n) is 6.25. The van der Waals surface area contributed by atoms with Gasteiger partial charge >= 0.3 is 13.2 Å². The lowest BCUT2D eigenvalue weighted by atomic mass is 9.79. The number of ether oxygens (including phenoxy) is 1. The number of amides is 1. The zero-order valence-electron chi connectivity index (χ0n) is 13.5. The molecule has 0 radical (unpaired) electrons. The minimum Gasteiger partial charge on any atom is -0.444 e. The molecule has 0 saturated carbocycles. The summed E-state index contributed by atoms with van der Waals surface area (Å²) in [4.78, 5) is 11.2. The van der Waals surface area contributed by atoms with Crippen LogP contribution < -0.4 is 10.8 Å². The highest BCUT2D eigenvalue weighted by atomic mass is 16.7. The molecule has 1 saturated heterocycles. The third-order valence-electron chi connectivity index (χ3n) is 4.09. The predicted molar refractivity (Wildman–Crippen MR) is 85.7 cm³/mol. The largest absolute Gasteiger partial charge is 0.494 e. The fourth-order valence-electron chi connectivity index (χ4n) is 2.02. The van der Waals surface area contributed by atoms with Gasteiger partial charge in [0.1, 0.15) is 6.61 Å². The Balaban J connectivity index is 1.98. The summed E-state index contributed by atoms with van der Waals surface area (Å²) in [5, 5.41) is 2.35. The zero-order chi connectivity index (χ0) is 16.4.